The molecule has 2 aliphatic rings. The van der Waals surface area contributed by atoms with Crippen LogP contribution in [-0.4, -0.2) is 49.2 Å². The van der Waals surface area contributed by atoms with Crippen LogP contribution in [0.3, 0.4) is 0 Å². The highest BCUT2D eigenvalue weighted by atomic mass is 15.3. The van der Waals surface area contributed by atoms with E-state index in [0.29, 0.717) is 18.3 Å². The Morgan fingerprint density at radius 3 is 2.58 bits per heavy atom. The molecule has 184 valence electrons. The molecule has 6 rings (SSSR count). The van der Waals surface area contributed by atoms with Gasteiger partial charge in [0.25, 0.3) is 0 Å². The molecule has 0 N–H and O–H groups in total. The molecule has 7 nitrogen and oxygen atoms in total. The first kappa shape index (κ1) is 22.9. The topological polar surface area (TPSA) is 75.0 Å². The second kappa shape index (κ2) is 9.87. The molecule has 1 unspecified atom stereocenters. The number of rotatable bonds is 6. The second-order valence-corrected chi connectivity index (χ2v) is 10.5. The third-order valence-electron chi connectivity index (χ3n) is 8.23. The smallest absolute Gasteiger partial charge is 0.149 e. The fraction of sp³-hybridized carbons (Fsp3) is 0.448. The van der Waals surface area contributed by atoms with Crippen molar-refractivity contribution in [2.24, 2.45) is 5.92 Å². The van der Waals surface area contributed by atoms with Crippen LogP contribution in [0.2, 0.25) is 0 Å². The fourth-order valence-electron chi connectivity index (χ4n) is 6.09. The number of hydrogen-bond donors (Lipinski definition) is 0. The number of likely N-dealkylation sites (tertiary alicyclic amines) is 1. The summed E-state index contributed by atoms with van der Waals surface area (Å²) in [7, 11) is 2.20. The van der Waals surface area contributed by atoms with Gasteiger partial charge in [0.05, 0.1) is 36.0 Å². The molecule has 1 aromatic carbocycles. The number of nitriles is 1. The van der Waals surface area contributed by atoms with E-state index < -0.39 is 0 Å². The molecule has 1 aliphatic carbocycles. The second-order valence-electron chi connectivity index (χ2n) is 10.5. The summed E-state index contributed by atoms with van der Waals surface area (Å²) in [5, 5.41) is 14.2. The maximum atomic E-state index is 9.45. The van der Waals surface area contributed by atoms with Crippen molar-refractivity contribution in [3.8, 4) is 28.7 Å². The van der Waals surface area contributed by atoms with Gasteiger partial charge in [-0.15, -0.1) is 0 Å². The molecule has 7 heteroatoms. The first-order chi connectivity index (χ1) is 17.7. The zero-order valence-corrected chi connectivity index (χ0v) is 20.9. The molecule has 0 amide bonds. The SMILES string of the molecule is CN1CCC(c2ccc(-c3cc4nccn4c(-c4cnn(C(CC#N)C5CCCC5)c4)n3)cc2)CC1. The Labute approximate surface area is 212 Å². The van der Waals surface area contributed by atoms with E-state index in [2.05, 4.69) is 59.5 Å². The highest BCUT2D eigenvalue weighted by Gasteiger charge is 2.27. The standard InChI is InChI=1S/C29H33N7/c1-34-15-11-22(12-16-34)21-6-8-23(9-7-21)26-18-28-31-14-17-35(28)29(33-26)25-19-32-36(20-25)27(10-13-30)24-4-2-3-5-24/h6-9,14,17-20,22,24,27H,2-5,10-12,15-16H2,1H3. The lowest BCUT2D eigenvalue weighted by atomic mass is 9.89. The van der Waals surface area contributed by atoms with Gasteiger partial charge in [0.1, 0.15) is 11.5 Å². The third kappa shape index (κ3) is 4.42. The number of benzene rings is 1. The van der Waals surface area contributed by atoms with Gasteiger partial charge in [0.15, 0.2) is 0 Å². The average Bonchev–Trinajstić information content (AvgIpc) is 3.69. The Hall–Kier alpha value is -3.50. The maximum absolute atomic E-state index is 9.45. The van der Waals surface area contributed by atoms with Crippen LogP contribution in [0.15, 0.2) is 55.1 Å². The zero-order valence-electron chi connectivity index (χ0n) is 20.9. The van der Waals surface area contributed by atoms with Gasteiger partial charge in [-0.2, -0.15) is 10.4 Å². The minimum Gasteiger partial charge on any atom is -0.306 e. The predicted molar refractivity (Wildman–Crippen MR) is 140 cm³/mol. The first-order valence-corrected chi connectivity index (χ1v) is 13.2. The van der Waals surface area contributed by atoms with Crippen molar-refractivity contribution in [3.63, 3.8) is 0 Å². The molecule has 4 aromatic rings. The van der Waals surface area contributed by atoms with E-state index in [1.54, 1.807) is 0 Å². The van der Waals surface area contributed by atoms with Gasteiger partial charge in [0.2, 0.25) is 0 Å². The number of hydrogen-bond acceptors (Lipinski definition) is 5. The Balaban J connectivity index is 1.32. The molecule has 0 spiro atoms. The summed E-state index contributed by atoms with van der Waals surface area (Å²) in [6.45, 7) is 2.33. The van der Waals surface area contributed by atoms with Crippen LogP contribution in [0.1, 0.15) is 62.5 Å². The molecule has 36 heavy (non-hydrogen) atoms. The molecular weight excluding hydrogens is 446 g/mol. The minimum atomic E-state index is 0.125. The van der Waals surface area contributed by atoms with Gasteiger partial charge in [-0.05, 0) is 63.2 Å². The summed E-state index contributed by atoms with van der Waals surface area (Å²) in [5.41, 5.74) is 5.25. The molecule has 1 aliphatic heterocycles. The van der Waals surface area contributed by atoms with Crippen LogP contribution in [-0.2, 0) is 0 Å². The zero-order chi connectivity index (χ0) is 24.5. The van der Waals surface area contributed by atoms with Crippen LogP contribution < -0.4 is 0 Å². The number of nitrogens with zero attached hydrogens (tertiary/aromatic N) is 7. The molecule has 0 radical (unpaired) electrons. The van der Waals surface area contributed by atoms with Crippen molar-refractivity contribution in [2.75, 3.05) is 20.1 Å². The lowest BCUT2D eigenvalue weighted by Gasteiger charge is -2.29. The summed E-state index contributed by atoms with van der Waals surface area (Å²) < 4.78 is 4.02. The first-order valence-electron chi connectivity index (χ1n) is 13.2. The predicted octanol–water partition coefficient (Wildman–Crippen LogP) is 5.71. The van der Waals surface area contributed by atoms with Gasteiger partial charge >= 0.3 is 0 Å². The molecule has 0 bridgehead atoms. The summed E-state index contributed by atoms with van der Waals surface area (Å²) in [4.78, 5) is 12.1. The quantitative estimate of drug-likeness (QED) is 0.354. The summed E-state index contributed by atoms with van der Waals surface area (Å²) in [6, 6.07) is 13.5. The molecule has 2 fully saturated rings. The van der Waals surface area contributed by atoms with Gasteiger partial charge in [0, 0.05) is 30.2 Å². The molecule has 1 saturated carbocycles. The van der Waals surface area contributed by atoms with E-state index >= 15 is 0 Å². The van der Waals surface area contributed by atoms with Crippen LogP contribution in [0, 0.1) is 17.2 Å². The van der Waals surface area contributed by atoms with E-state index in [0.717, 1.165) is 41.4 Å². The molecular formula is C29H33N7. The molecule has 4 heterocycles. The minimum absolute atomic E-state index is 0.125. The molecule has 1 saturated heterocycles. The van der Waals surface area contributed by atoms with E-state index in [9.17, 15) is 5.26 Å². The molecule has 1 atom stereocenters. The van der Waals surface area contributed by atoms with Crippen molar-refractivity contribution < 1.29 is 0 Å². The van der Waals surface area contributed by atoms with Gasteiger partial charge in [-0.25, -0.2) is 9.97 Å². The Morgan fingerprint density at radius 2 is 1.83 bits per heavy atom. The van der Waals surface area contributed by atoms with Crippen molar-refractivity contribution in [1.29, 1.82) is 5.26 Å². The third-order valence-corrected chi connectivity index (χ3v) is 8.23. The Kier molecular flexibility index (Phi) is 6.28. The van der Waals surface area contributed by atoms with E-state index in [-0.39, 0.29) is 6.04 Å². The van der Waals surface area contributed by atoms with Crippen LogP contribution in [0.25, 0.3) is 28.3 Å². The Bertz CT molecular complexity index is 1360. The van der Waals surface area contributed by atoms with E-state index in [1.165, 1.54) is 44.1 Å². The monoisotopic (exact) mass is 479 g/mol. The highest BCUT2D eigenvalue weighted by Crippen LogP contribution is 2.36. The number of aromatic nitrogens is 5. The van der Waals surface area contributed by atoms with Crippen molar-refractivity contribution in [1.82, 2.24) is 29.0 Å². The highest BCUT2D eigenvalue weighted by molar-refractivity contribution is 5.69. The van der Waals surface area contributed by atoms with E-state index in [1.807, 2.05) is 27.7 Å². The number of piperidine rings is 1. The Morgan fingerprint density at radius 1 is 1.06 bits per heavy atom. The van der Waals surface area contributed by atoms with Crippen molar-refractivity contribution in [3.05, 3.63) is 60.7 Å². The molecule has 3 aromatic heterocycles. The summed E-state index contributed by atoms with van der Waals surface area (Å²) >= 11 is 0. The van der Waals surface area contributed by atoms with E-state index in [4.69, 9.17) is 10.1 Å². The number of fused-ring (bicyclic) bond motifs is 1. The summed E-state index contributed by atoms with van der Waals surface area (Å²) in [5.74, 6) is 1.99. The largest absolute Gasteiger partial charge is 0.306 e. The van der Waals surface area contributed by atoms with Gasteiger partial charge in [-0.1, -0.05) is 37.1 Å². The van der Waals surface area contributed by atoms with Crippen LogP contribution in [0.4, 0.5) is 0 Å². The van der Waals surface area contributed by atoms with Crippen LogP contribution >= 0.6 is 0 Å². The van der Waals surface area contributed by atoms with Gasteiger partial charge in [-0.3, -0.25) is 9.08 Å². The average molecular weight is 480 g/mol. The number of imidazole rings is 1. The normalized spacial score (nSPS) is 18.6. The van der Waals surface area contributed by atoms with Gasteiger partial charge < -0.3 is 4.90 Å². The fourth-order valence-corrected chi connectivity index (χ4v) is 6.09. The van der Waals surface area contributed by atoms with Crippen molar-refractivity contribution in [2.45, 2.75) is 56.9 Å². The lowest BCUT2D eigenvalue weighted by molar-refractivity contribution is 0.255. The lowest BCUT2D eigenvalue weighted by Crippen LogP contribution is -2.29. The van der Waals surface area contributed by atoms with Crippen LogP contribution in [0.5, 0.6) is 0 Å². The summed E-state index contributed by atoms with van der Waals surface area (Å²) in [6.07, 6.45) is 15.5. The maximum Gasteiger partial charge on any atom is 0.149 e. The van der Waals surface area contributed by atoms with Crippen molar-refractivity contribution >= 4 is 5.65 Å².